The lowest BCUT2D eigenvalue weighted by molar-refractivity contribution is 0.0525. The molecular weight excluding hydrogens is 346 g/mol. The van der Waals surface area contributed by atoms with Crippen molar-refractivity contribution in [3.63, 3.8) is 0 Å². The molecule has 3 heterocycles. The third kappa shape index (κ3) is 4.70. The second-order valence-corrected chi connectivity index (χ2v) is 6.51. The number of pyridine rings is 1. The summed E-state index contributed by atoms with van der Waals surface area (Å²) in [5, 5.41) is 9.10. The van der Waals surface area contributed by atoms with Crippen molar-refractivity contribution in [2.24, 2.45) is 0 Å². The standard InChI is InChI=1S/C19H21N5O3/c1-13(2)26-17-6-5-14(11-23-17)19(25)24-9-3-4-15(12-24)27-18-16(10-20)21-7-8-22-18/h5-8,11,13,15H,3-4,9,12H2,1-2H3. The number of carbonyl (C=O) groups excluding carboxylic acids is 1. The maximum atomic E-state index is 12.8. The molecule has 0 spiro atoms. The van der Waals surface area contributed by atoms with Gasteiger partial charge in [-0.2, -0.15) is 5.26 Å². The molecule has 1 aliphatic heterocycles. The summed E-state index contributed by atoms with van der Waals surface area (Å²) >= 11 is 0. The second-order valence-electron chi connectivity index (χ2n) is 6.51. The number of likely N-dealkylation sites (tertiary alicyclic amines) is 1. The number of rotatable bonds is 5. The van der Waals surface area contributed by atoms with Crippen molar-refractivity contribution in [2.75, 3.05) is 13.1 Å². The predicted molar refractivity (Wildman–Crippen MR) is 96.3 cm³/mol. The van der Waals surface area contributed by atoms with Crippen molar-refractivity contribution in [1.29, 1.82) is 5.26 Å². The molecule has 0 saturated carbocycles. The van der Waals surface area contributed by atoms with Gasteiger partial charge in [-0.15, -0.1) is 0 Å². The third-order valence-corrected chi connectivity index (χ3v) is 4.05. The van der Waals surface area contributed by atoms with Gasteiger partial charge in [0.25, 0.3) is 11.8 Å². The largest absolute Gasteiger partial charge is 0.475 e. The SMILES string of the molecule is CC(C)Oc1ccc(C(=O)N2CCCC(Oc3nccnc3C#N)C2)cn1. The molecule has 0 N–H and O–H groups in total. The zero-order valence-electron chi connectivity index (χ0n) is 15.3. The van der Waals surface area contributed by atoms with Gasteiger partial charge in [-0.25, -0.2) is 15.0 Å². The van der Waals surface area contributed by atoms with Gasteiger partial charge in [0.05, 0.1) is 18.2 Å². The molecule has 27 heavy (non-hydrogen) atoms. The van der Waals surface area contributed by atoms with Crippen molar-refractivity contribution < 1.29 is 14.3 Å². The molecule has 1 amide bonds. The predicted octanol–water partition coefficient (Wildman–Crippen LogP) is 2.21. The molecule has 0 radical (unpaired) electrons. The minimum Gasteiger partial charge on any atom is -0.475 e. The van der Waals surface area contributed by atoms with Gasteiger partial charge < -0.3 is 14.4 Å². The molecule has 8 nitrogen and oxygen atoms in total. The van der Waals surface area contributed by atoms with Gasteiger partial charge in [-0.3, -0.25) is 4.79 Å². The van der Waals surface area contributed by atoms with Gasteiger partial charge in [0.15, 0.2) is 0 Å². The Hall–Kier alpha value is -3.21. The molecule has 1 fully saturated rings. The number of nitriles is 1. The van der Waals surface area contributed by atoms with E-state index in [0.29, 0.717) is 24.5 Å². The summed E-state index contributed by atoms with van der Waals surface area (Å²) in [6, 6.07) is 5.38. The number of ether oxygens (including phenoxy) is 2. The van der Waals surface area contributed by atoms with E-state index in [1.165, 1.54) is 18.6 Å². The fraction of sp³-hybridized carbons (Fsp3) is 0.421. The summed E-state index contributed by atoms with van der Waals surface area (Å²) in [5.74, 6) is 0.593. The molecule has 3 rings (SSSR count). The molecule has 0 aromatic carbocycles. The van der Waals surface area contributed by atoms with Crippen LogP contribution in [0.2, 0.25) is 0 Å². The van der Waals surface area contributed by atoms with E-state index in [4.69, 9.17) is 14.7 Å². The summed E-state index contributed by atoms with van der Waals surface area (Å²) in [7, 11) is 0. The lowest BCUT2D eigenvalue weighted by Gasteiger charge is -2.32. The average Bonchev–Trinajstić information content (AvgIpc) is 2.68. The smallest absolute Gasteiger partial charge is 0.255 e. The minimum atomic E-state index is -0.233. The Morgan fingerprint density at radius 1 is 1.30 bits per heavy atom. The topological polar surface area (TPSA) is 101 Å². The monoisotopic (exact) mass is 367 g/mol. The zero-order chi connectivity index (χ0) is 19.2. The maximum absolute atomic E-state index is 12.8. The molecule has 1 atom stereocenters. The van der Waals surface area contributed by atoms with Crippen molar-refractivity contribution in [1.82, 2.24) is 19.9 Å². The molecule has 1 aliphatic rings. The molecule has 1 saturated heterocycles. The summed E-state index contributed by atoms with van der Waals surface area (Å²) < 4.78 is 11.3. The van der Waals surface area contributed by atoms with Crippen LogP contribution < -0.4 is 9.47 Å². The third-order valence-electron chi connectivity index (χ3n) is 4.05. The quantitative estimate of drug-likeness (QED) is 0.798. The molecular formula is C19H21N5O3. The Kier molecular flexibility index (Phi) is 5.81. The Labute approximate surface area is 157 Å². The highest BCUT2D eigenvalue weighted by Crippen LogP contribution is 2.20. The van der Waals surface area contributed by atoms with Crippen molar-refractivity contribution in [2.45, 2.75) is 38.9 Å². The molecule has 140 valence electrons. The van der Waals surface area contributed by atoms with Crippen LogP contribution in [0.25, 0.3) is 0 Å². The van der Waals surface area contributed by atoms with Crippen LogP contribution in [0, 0.1) is 11.3 Å². The summed E-state index contributed by atoms with van der Waals surface area (Å²) in [5.41, 5.74) is 0.648. The van der Waals surface area contributed by atoms with E-state index in [1.807, 2.05) is 19.9 Å². The van der Waals surface area contributed by atoms with E-state index >= 15 is 0 Å². The Morgan fingerprint density at radius 2 is 2.11 bits per heavy atom. The van der Waals surface area contributed by atoms with E-state index in [1.54, 1.807) is 17.0 Å². The lowest BCUT2D eigenvalue weighted by Crippen LogP contribution is -2.44. The maximum Gasteiger partial charge on any atom is 0.255 e. The zero-order valence-corrected chi connectivity index (χ0v) is 15.3. The lowest BCUT2D eigenvalue weighted by atomic mass is 10.1. The number of nitrogens with zero attached hydrogens (tertiary/aromatic N) is 5. The number of aromatic nitrogens is 3. The van der Waals surface area contributed by atoms with Crippen LogP contribution in [0.3, 0.4) is 0 Å². The van der Waals surface area contributed by atoms with Crippen LogP contribution in [0.1, 0.15) is 42.7 Å². The number of piperidine rings is 1. The number of carbonyl (C=O) groups is 1. The normalized spacial score (nSPS) is 16.7. The van der Waals surface area contributed by atoms with Crippen LogP contribution in [-0.4, -0.2) is 51.1 Å². The summed E-state index contributed by atoms with van der Waals surface area (Å²) in [6.45, 7) is 4.91. The van der Waals surface area contributed by atoms with Crippen LogP contribution in [0.15, 0.2) is 30.7 Å². The minimum absolute atomic E-state index is 0.0263. The Balaban J connectivity index is 1.65. The Bertz CT molecular complexity index is 832. The van der Waals surface area contributed by atoms with E-state index in [0.717, 1.165) is 12.8 Å². The fourth-order valence-electron chi connectivity index (χ4n) is 2.87. The first-order chi connectivity index (χ1) is 13.1. The second kappa shape index (κ2) is 8.45. The average molecular weight is 367 g/mol. The fourth-order valence-corrected chi connectivity index (χ4v) is 2.87. The van der Waals surface area contributed by atoms with Gasteiger partial charge >= 0.3 is 0 Å². The van der Waals surface area contributed by atoms with Gasteiger partial charge in [0.2, 0.25) is 11.6 Å². The molecule has 2 aromatic heterocycles. The first-order valence-electron chi connectivity index (χ1n) is 8.86. The summed E-state index contributed by atoms with van der Waals surface area (Å²) in [6.07, 6.45) is 5.84. The van der Waals surface area contributed by atoms with E-state index < -0.39 is 0 Å². The highest BCUT2D eigenvalue weighted by atomic mass is 16.5. The Morgan fingerprint density at radius 3 is 2.81 bits per heavy atom. The van der Waals surface area contributed by atoms with Gasteiger partial charge in [0.1, 0.15) is 12.2 Å². The number of hydrogen-bond donors (Lipinski definition) is 0. The molecule has 0 aliphatic carbocycles. The van der Waals surface area contributed by atoms with Crippen LogP contribution >= 0.6 is 0 Å². The van der Waals surface area contributed by atoms with Crippen molar-refractivity contribution >= 4 is 5.91 Å². The van der Waals surface area contributed by atoms with E-state index in [2.05, 4.69) is 15.0 Å². The highest BCUT2D eigenvalue weighted by Gasteiger charge is 2.27. The van der Waals surface area contributed by atoms with Gasteiger partial charge in [-0.1, -0.05) is 0 Å². The number of amides is 1. The molecule has 8 heteroatoms. The van der Waals surface area contributed by atoms with Gasteiger partial charge in [0, 0.05) is 31.2 Å². The molecule has 0 bridgehead atoms. The van der Waals surface area contributed by atoms with Crippen LogP contribution in [0.5, 0.6) is 11.8 Å². The van der Waals surface area contributed by atoms with Crippen molar-refractivity contribution in [3.8, 4) is 17.8 Å². The molecule has 1 unspecified atom stereocenters. The van der Waals surface area contributed by atoms with E-state index in [-0.39, 0.29) is 29.7 Å². The first kappa shape index (κ1) is 18.6. The van der Waals surface area contributed by atoms with E-state index in [9.17, 15) is 4.79 Å². The van der Waals surface area contributed by atoms with Crippen LogP contribution in [-0.2, 0) is 0 Å². The summed E-state index contributed by atoms with van der Waals surface area (Å²) in [4.78, 5) is 26.7. The number of hydrogen-bond acceptors (Lipinski definition) is 7. The molecule has 2 aromatic rings. The van der Waals surface area contributed by atoms with Crippen LogP contribution in [0.4, 0.5) is 0 Å². The van der Waals surface area contributed by atoms with Gasteiger partial charge in [-0.05, 0) is 32.8 Å². The highest BCUT2D eigenvalue weighted by molar-refractivity contribution is 5.94. The first-order valence-corrected chi connectivity index (χ1v) is 8.86. The van der Waals surface area contributed by atoms with Crippen molar-refractivity contribution in [3.05, 3.63) is 42.0 Å².